The first kappa shape index (κ1) is 26.9. The van der Waals surface area contributed by atoms with Gasteiger partial charge in [-0.25, -0.2) is 0 Å². The van der Waals surface area contributed by atoms with E-state index in [0.717, 1.165) is 103 Å². The topological polar surface area (TPSA) is 102 Å². The van der Waals surface area contributed by atoms with Gasteiger partial charge in [-0.15, -0.1) is 0 Å². The van der Waals surface area contributed by atoms with Crippen molar-refractivity contribution in [1.29, 1.82) is 0 Å². The van der Waals surface area contributed by atoms with Crippen molar-refractivity contribution in [2.24, 2.45) is 23.3 Å². The van der Waals surface area contributed by atoms with Crippen LogP contribution in [0.25, 0.3) is 0 Å². The van der Waals surface area contributed by atoms with Crippen molar-refractivity contribution in [1.82, 2.24) is 9.80 Å². The highest BCUT2D eigenvalue weighted by Crippen LogP contribution is 2.33. The molecule has 0 radical (unpaired) electrons. The van der Waals surface area contributed by atoms with Crippen LogP contribution in [0.2, 0.25) is 0 Å². The fourth-order valence-corrected chi connectivity index (χ4v) is 7.08. The molecule has 2 amide bonds. The highest BCUT2D eigenvalue weighted by atomic mass is 16.5. The van der Waals surface area contributed by atoms with Gasteiger partial charge in [0.25, 0.3) is 0 Å². The van der Waals surface area contributed by atoms with Gasteiger partial charge >= 0.3 is 0 Å². The van der Waals surface area contributed by atoms with Gasteiger partial charge in [0.05, 0.1) is 12.2 Å². The summed E-state index contributed by atoms with van der Waals surface area (Å²) in [6, 6.07) is 1.26. The normalized spacial score (nSPS) is 38.5. The lowest BCUT2D eigenvalue weighted by Gasteiger charge is -2.40. The lowest BCUT2D eigenvalue weighted by atomic mass is 9.84. The Balaban J connectivity index is 1.14. The van der Waals surface area contributed by atoms with Gasteiger partial charge in [0.1, 0.15) is 0 Å². The minimum Gasteiger partial charge on any atom is -0.375 e. The molecule has 0 atom stereocenters. The third-order valence-corrected chi connectivity index (χ3v) is 9.71. The molecule has 0 spiro atoms. The van der Waals surface area contributed by atoms with Gasteiger partial charge in [-0.1, -0.05) is 0 Å². The van der Waals surface area contributed by atoms with Crippen LogP contribution in [0.5, 0.6) is 0 Å². The molecule has 0 unspecified atom stereocenters. The molecule has 0 bridgehead atoms. The third kappa shape index (κ3) is 6.98. The van der Waals surface area contributed by atoms with E-state index in [1.54, 1.807) is 0 Å². The summed E-state index contributed by atoms with van der Waals surface area (Å²) in [6.07, 6.45) is 16.6. The number of carbonyl (C=O) groups is 2. The fraction of sp³-hybridized carbons (Fsp3) is 0.929. The van der Waals surface area contributed by atoms with E-state index < -0.39 is 0 Å². The summed E-state index contributed by atoms with van der Waals surface area (Å²) in [5.74, 6) is 0.998. The van der Waals surface area contributed by atoms with Crippen molar-refractivity contribution < 1.29 is 14.3 Å². The molecule has 35 heavy (non-hydrogen) atoms. The van der Waals surface area contributed by atoms with E-state index in [-0.39, 0.29) is 23.9 Å². The lowest BCUT2D eigenvalue weighted by Crippen LogP contribution is -2.46. The Labute approximate surface area is 212 Å². The molecule has 7 heteroatoms. The monoisotopic (exact) mass is 490 g/mol. The summed E-state index contributed by atoms with van der Waals surface area (Å²) >= 11 is 0. The van der Waals surface area contributed by atoms with Gasteiger partial charge in [-0.05, 0) is 103 Å². The van der Waals surface area contributed by atoms with Crippen molar-refractivity contribution in [3.05, 3.63) is 0 Å². The SMILES string of the molecule is CN(C(=O)C1CCC(N)CC1)C1CCC(OC2CCC(N(C)C(=O)C3CCC(N)CC3)CC2)CC1. The van der Waals surface area contributed by atoms with Crippen LogP contribution in [0, 0.1) is 11.8 Å². The largest absolute Gasteiger partial charge is 0.375 e. The zero-order valence-electron chi connectivity index (χ0n) is 22.2. The van der Waals surface area contributed by atoms with Crippen LogP contribution < -0.4 is 11.5 Å². The number of nitrogens with two attached hydrogens (primary N) is 2. The van der Waals surface area contributed by atoms with Crippen LogP contribution in [-0.4, -0.2) is 72.1 Å². The number of carbonyl (C=O) groups excluding carboxylic acids is 2. The summed E-state index contributed by atoms with van der Waals surface area (Å²) in [5, 5.41) is 0. The molecule has 200 valence electrons. The molecule has 4 rings (SSSR count). The van der Waals surface area contributed by atoms with Gasteiger partial charge in [0.15, 0.2) is 0 Å². The Bertz CT molecular complexity index is 628. The molecule has 4 aliphatic carbocycles. The molecule has 0 saturated heterocycles. The molecular weight excluding hydrogens is 440 g/mol. The fourth-order valence-electron chi connectivity index (χ4n) is 7.08. The van der Waals surface area contributed by atoms with Crippen LogP contribution in [0.3, 0.4) is 0 Å². The van der Waals surface area contributed by atoms with Crippen LogP contribution in [-0.2, 0) is 14.3 Å². The molecule has 0 heterocycles. The highest BCUT2D eigenvalue weighted by molar-refractivity contribution is 5.79. The minimum atomic E-state index is 0.171. The van der Waals surface area contributed by atoms with Gasteiger partial charge in [0, 0.05) is 50.1 Å². The minimum absolute atomic E-state index is 0.171. The molecule has 4 fully saturated rings. The van der Waals surface area contributed by atoms with Gasteiger partial charge in [0.2, 0.25) is 11.8 Å². The van der Waals surface area contributed by atoms with E-state index >= 15 is 0 Å². The molecule has 0 aromatic carbocycles. The zero-order valence-corrected chi connectivity index (χ0v) is 22.2. The molecule has 4 saturated carbocycles. The predicted octanol–water partition coefficient (Wildman–Crippen LogP) is 3.58. The number of amides is 2. The predicted molar refractivity (Wildman–Crippen MR) is 139 cm³/mol. The van der Waals surface area contributed by atoms with Crippen molar-refractivity contribution >= 4 is 11.8 Å². The van der Waals surface area contributed by atoms with E-state index in [2.05, 4.69) is 0 Å². The Kier molecular flexibility index (Phi) is 9.50. The molecule has 4 N–H and O–H groups in total. The standard InChI is InChI=1S/C28H50N4O3/c1-31(27(33)19-3-7-21(29)8-4-19)23-11-15-25(16-12-23)35-26-17-13-24(14-18-26)32(2)28(34)20-5-9-22(30)10-6-20/h19-26H,3-18,29-30H2,1-2H3. The van der Waals surface area contributed by atoms with Crippen molar-refractivity contribution in [3.8, 4) is 0 Å². The molecule has 0 aliphatic heterocycles. The number of nitrogens with zero attached hydrogens (tertiary/aromatic N) is 2. The Morgan fingerprint density at radius 1 is 0.543 bits per heavy atom. The molecule has 7 nitrogen and oxygen atoms in total. The van der Waals surface area contributed by atoms with E-state index in [9.17, 15) is 9.59 Å². The number of rotatable bonds is 6. The average Bonchev–Trinajstić information content (AvgIpc) is 2.89. The summed E-state index contributed by atoms with van der Waals surface area (Å²) in [6.45, 7) is 0. The smallest absolute Gasteiger partial charge is 0.225 e. The molecule has 0 aromatic heterocycles. The number of hydrogen-bond acceptors (Lipinski definition) is 5. The number of hydrogen-bond donors (Lipinski definition) is 2. The number of ether oxygens (including phenoxy) is 1. The summed E-state index contributed by atoms with van der Waals surface area (Å²) in [7, 11) is 4.01. The van der Waals surface area contributed by atoms with E-state index in [4.69, 9.17) is 16.2 Å². The summed E-state index contributed by atoms with van der Waals surface area (Å²) in [4.78, 5) is 30.0. The third-order valence-electron chi connectivity index (χ3n) is 9.71. The molecule has 4 aliphatic rings. The van der Waals surface area contributed by atoms with Crippen LogP contribution in [0.4, 0.5) is 0 Å². The zero-order chi connectivity index (χ0) is 24.9. The Morgan fingerprint density at radius 2 is 0.857 bits per heavy atom. The quantitative estimate of drug-likeness (QED) is 0.593. The van der Waals surface area contributed by atoms with Crippen molar-refractivity contribution in [2.75, 3.05) is 14.1 Å². The maximum atomic E-state index is 13.0. The van der Waals surface area contributed by atoms with Crippen LogP contribution in [0.1, 0.15) is 103 Å². The van der Waals surface area contributed by atoms with Gasteiger partial charge in [-0.3, -0.25) is 9.59 Å². The van der Waals surface area contributed by atoms with Crippen LogP contribution >= 0.6 is 0 Å². The van der Waals surface area contributed by atoms with Crippen molar-refractivity contribution in [3.63, 3.8) is 0 Å². The summed E-state index contributed by atoms with van der Waals surface area (Å²) in [5.41, 5.74) is 12.0. The van der Waals surface area contributed by atoms with Crippen LogP contribution in [0.15, 0.2) is 0 Å². The first-order valence-corrected chi connectivity index (χ1v) is 14.5. The first-order valence-electron chi connectivity index (χ1n) is 14.5. The van der Waals surface area contributed by atoms with Gasteiger partial charge in [-0.2, -0.15) is 0 Å². The van der Waals surface area contributed by atoms with E-state index in [1.165, 1.54) is 0 Å². The molecular formula is C28H50N4O3. The second-order valence-electron chi connectivity index (χ2n) is 12.1. The lowest BCUT2D eigenvalue weighted by molar-refractivity contribution is -0.139. The first-order chi connectivity index (χ1) is 16.8. The van der Waals surface area contributed by atoms with Gasteiger partial charge < -0.3 is 26.0 Å². The average molecular weight is 491 g/mol. The van der Waals surface area contributed by atoms with Crippen molar-refractivity contribution in [2.45, 2.75) is 139 Å². The second kappa shape index (κ2) is 12.4. The Hall–Kier alpha value is -1.18. The Morgan fingerprint density at radius 3 is 1.17 bits per heavy atom. The summed E-state index contributed by atoms with van der Waals surface area (Å²) < 4.78 is 6.53. The molecule has 0 aromatic rings. The van der Waals surface area contributed by atoms with E-state index in [1.807, 2.05) is 23.9 Å². The second-order valence-corrected chi connectivity index (χ2v) is 12.1. The maximum absolute atomic E-state index is 13.0. The highest BCUT2D eigenvalue weighted by Gasteiger charge is 2.35. The van der Waals surface area contributed by atoms with E-state index in [0.29, 0.717) is 36.1 Å². The maximum Gasteiger partial charge on any atom is 0.225 e.